The van der Waals surface area contributed by atoms with Gasteiger partial charge in [0.1, 0.15) is 0 Å². The van der Waals surface area contributed by atoms with Crippen LogP contribution in [0, 0.1) is 5.92 Å². The second-order valence-corrected chi connectivity index (χ2v) is 8.97. The Bertz CT molecular complexity index is 1060. The van der Waals surface area contributed by atoms with E-state index >= 15 is 0 Å². The number of aryl methyl sites for hydroxylation is 1. The monoisotopic (exact) mass is 456 g/mol. The van der Waals surface area contributed by atoms with Crippen molar-refractivity contribution in [1.82, 2.24) is 19.5 Å². The highest BCUT2D eigenvalue weighted by atomic mass is 16.5. The molecule has 180 valence electrons. The molecule has 0 bridgehead atoms. The number of fused-ring (bicyclic) bond motifs is 1. The van der Waals surface area contributed by atoms with Gasteiger partial charge in [-0.15, -0.1) is 0 Å². The molecule has 3 aromatic rings. The van der Waals surface area contributed by atoms with Crippen LogP contribution < -0.4 is 15.4 Å². The van der Waals surface area contributed by atoms with Crippen LogP contribution >= 0.6 is 0 Å². The summed E-state index contributed by atoms with van der Waals surface area (Å²) in [7, 11) is 1.53. The summed E-state index contributed by atoms with van der Waals surface area (Å²) in [5.41, 5.74) is 1.30. The fourth-order valence-electron chi connectivity index (χ4n) is 3.39. The predicted molar refractivity (Wildman–Crippen MR) is 131 cm³/mol. The topological polar surface area (TPSA) is 117 Å². The van der Waals surface area contributed by atoms with Gasteiger partial charge in [0, 0.05) is 31.1 Å². The van der Waals surface area contributed by atoms with E-state index in [0.29, 0.717) is 41.7 Å². The number of hydrogen-bond donors (Lipinski definition) is 4. The fourth-order valence-corrected chi connectivity index (χ4v) is 3.39. The van der Waals surface area contributed by atoms with Gasteiger partial charge in [0.2, 0.25) is 5.95 Å². The normalized spacial score (nSPS) is 12.7. The number of anilines is 2. The molecule has 0 saturated heterocycles. The number of ether oxygens (including phenoxy) is 1. The molecule has 1 unspecified atom stereocenters. The molecule has 0 saturated carbocycles. The van der Waals surface area contributed by atoms with Gasteiger partial charge in [-0.05, 0) is 26.3 Å². The number of aliphatic hydroxyl groups is 1. The molecule has 0 spiro atoms. The molecular formula is C24H36N6O3. The minimum Gasteiger partial charge on any atom is -0.504 e. The Labute approximate surface area is 195 Å². The number of phenolic OH excluding ortho intramolecular Hbond substituents is 1. The van der Waals surface area contributed by atoms with Gasteiger partial charge in [-0.25, -0.2) is 4.98 Å². The van der Waals surface area contributed by atoms with Crippen LogP contribution in [0.2, 0.25) is 0 Å². The van der Waals surface area contributed by atoms with E-state index in [1.807, 2.05) is 23.6 Å². The SMILES string of the molecule is CCCCCn1cnc2c(NCc3cccc(OC)c3O)nc(NCC(C)C(C)(C)O)nc21. The van der Waals surface area contributed by atoms with Crippen molar-refractivity contribution >= 4 is 22.9 Å². The maximum absolute atomic E-state index is 10.4. The molecule has 0 aliphatic rings. The molecule has 9 heteroatoms. The third-order valence-corrected chi connectivity index (χ3v) is 5.99. The number of methoxy groups -OCH3 is 1. The molecular weight excluding hydrogens is 420 g/mol. The molecule has 0 aliphatic carbocycles. The van der Waals surface area contributed by atoms with Crippen molar-refractivity contribution < 1.29 is 14.9 Å². The zero-order valence-electron chi connectivity index (χ0n) is 20.2. The molecule has 2 aromatic heterocycles. The Hall–Kier alpha value is -3.07. The van der Waals surface area contributed by atoms with Gasteiger partial charge in [0.15, 0.2) is 28.5 Å². The Kier molecular flexibility index (Phi) is 7.97. The van der Waals surface area contributed by atoms with Gasteiger partial charge >= 0.3 is 0 Å². The van der Waals surface area contributed by atoms with Crippen LogP contribution in [-0.2, 0) is 13.1 Å². The second-order valence-electron chi connectivity index (χ2n) is 8.97. The summed E-state index contributed by atoms with van der Waals surface area (Å²) in [6, 6.07) is 5.38. The number of hydrogen-bond acceptors (Lipinski definition) is 8. The van der Waals surface area contributed by atoms with Crippen LogP contribution in [0.1, 0.15) is 52.5 Å². The molecule has 9 nitrogen and oxygen atoms in total. The number of phenols is 1. The van der Waals surface area contributed by atoms with Crippen LogP contribution in [0.4, 0.5) is 11.8 Å². The highest BCUT2D eigenvalue weighted by molar-refractivity contribution is 5.84. The number of nitrogens with zero attached hydrogens (tertiary/aromatic N) is 4. The van der Waals surface area contributed by atoms with Crippen molar-refractivity contribution in [2.75, 3.05) is 24.3 Å². The lowest BCUT2D eigenvalue weighted by molar-refractivity contribution is 0.0303. The third kappa shape index (κ3) is 6.04. The smallest absolute Gasteiger partial charge is 0.226 e. The quantitative estimate of drug-likeness (QED) is 0.300. The Morgan fingerprint density at radius 1 is 1.18 bits per heavy atom. The number of imidazole rings is 1. The average molecular weight is 457 g/mol. The Balaban J connectivity index is 1.89. The molecule has 4 N–H and O–H groups in total. The molecule has 2 heterocycles. The number of aromatic hydroxyl groups is 1. The van der Waals surface area contributed by atoms with Gasteiger partial charge < -0.3 is 30.2 Å². The number of benzene rings is 1. The van der Waals surface area contributed by atoms with Crippen molar-refractivity contribution in [3.05, 3.63) is 30.1 Å². The summed E-state index contributed by atoms with van der Waals surface area (Å²) in [5, 5.41) is 27.3. The van der Waals surface area contributed by atoms with Crippen molar-refractivity contribution in [2.45, 2.75) is 65.6 Å². The third-order valence-electron chi connectivity index (χ3n) is 5.99. The Morgan fingerprint density at radius 3 is 2.67 bits per heavy atom. The van der Waals surface area contributed by atoms with Gasteiger partial charge in [0.25, 0.3) is 0 Å². The van der Waals surface area contributed by atoms with Gasteiger partial charge in [-0.2, -0.15) is 9.97 Å². The van der Waals surface area contributed by atoms with Gasteiger partial charge in [0.05, 0.1) is 19.0 Å². The van der Waals surface area contributed by atoms with E-state index in [0.717, 1.165) is 31.5 Å². The van der Waals surface area contributed by atoms with E-state index in [4.69, 9.17) is 9.72 Å². The van der Waals surface area contributed by atoms with Crippen molar-refractivity contribution in [2.24, 2.45) is 5.92 Å². The molecule has 0 radical (unpaired) electrons. The first-order chi connectivity index (χ1) is 15.7. The summed E-state index contributed by atoms with van der Waals surface area (Å²) >= 11 is 0. The first-order valence-corrected chi connectivity index (χ1v) is 11.5. The number of unbranched alkanes of at least 4 members (excludes halogenated alkanes) is 2. The summed E-state index contributed by atoms with van der Waals surface area (Å²) in [5.74, 6) is 1.56. The van der Waals surface area contributed by atoms with Crippen molar-refractivity contribution in [3.8, 4) is 11.5 Å². The maximum atomic E-state index is 10.4. The summed E-state index contributed by atoms with van der Waals surface area (Å²) in [4.78, 5) is 13.9. The first-order valence-electron chi connectivity index (χ1n) is 11.5. The molecule has 33 heavy (non-hydrogen) atoms. The summed E-state index contributed by atoms with van der Waals surface area (Å²) < 4.78 is 7.26. The average Bonchev–Trinajstić information content (AvgIpc) is 3.19. The Morgan fingerprint density at radius 2 is 1.97 bits per heavy atom. The molecule has 0 fully saturated rings. The van der Waals surface area contributed by atoms with Gasteiger partial charge in [-0.1, -0.05) is 38.8 Å². The van der Waals surface area contributed by atoms with E-state index in [1.54, 1.807) is 26.2 Å². The number of nitrogens with one attached hydrogen (secondary N) is 2. The summed E-state index contributed by atoms with van der Waals surface area (Å²) in [6.07, 6.45) is 5.12. The lowest BCUT2D eigenvalue weighted by Crippen LogP contribution is -2.33. The van der Waals surface area contributed by atoms with Gasteiger partial charge in [-0.3, -0.25) is 0 Å². The number of para-hydroxylation sites is 1. The van der Waals surface area contributed by atoms with E-state index in [-0.39, 0.29) is 11.7 Å². The highest BCUT2D eigenvalue weighted by Gasteiger charge is 2.22. The molecule has 1 aromatic carbocycles. The van der Waals surface area contributed by atoms with Crippen LogP contribution in [0.15, 0.2) is 24.5 Å². The van der Waals surface area contributed by atoms with E-state index in [2.05, 4.69) is 27.5 Å². The maximum Gasteiger partial charge on any atom is 0.226 e. The van der Waals surface area contributed by atoms with Crippen molar-refractivity contribution in [3.63, 3.8) is 0 Å². The fraction of sp³-hybridized carbons (Fsp3) is 0.542. The predicted octanol–water partition coefficient (Wildman–Crippen LogP) is 4.16. The largest absolute Gasteiger partial charge is 0.504 e. The summed E-state index contributed by atoms with van der Waals surface area (Å²) in [6.45, 7) is 9.43. The molecule has 1 atom stereocenters. The van der Waals surface area contributed by atoms with Crippen LogP contribution in [0.25, 0.3) is 11.2 Å². The number of rotatable bonds is 12. The van der Waals surface area contributed by atoms with E-state index in [1.165, 1.54) is 7.11 Å². The number of aromatic nitrogens is 4. The minimum atomic E-state index is -0.815. The lowest BCUT2D eigenvalue weighted by Gasteiger charge is -2.26. The second kappa shape index (κ2) is 10.7. The molecule has 0 amide bonds. The highest BCUT2D eigenvalue weighted by Crippen LogP contribution is 2.30. The zero-order chi connectivity index (χ0) is 24.0. The van der Waals surface area contributed by atoms with E-state index in [9.17, 15) is 10.2 Å². The minimum absolute atomic E-state index is 0.00333. The first kappa shape index (κ1) is 24.6. The lowest BCUT2D eigenvalue weighted by atomic mass is 9.93. The zero-order valence-corrected chi connectivity index (χ0v) is 20.2. The molecule has 0 aliphatic heterocycles. The van der Waals surface area contributed by atoms with Crippen molar-refractivity contribution in [1.29, 1.82) is 0 Å². The standard InChI is InChI=1S/C24H36N6O3/c1-6-7-8-12-30-15-27-19-21(25-14-17-10-9-11-18(33-5)20(17)31)28-23(29-22(19)30)26-13-16(2)24(3,4)32/h9-11,15-16,31-32H,6-8,12-14H2,1-5H3,(H2,25,26,28,29). The van der Waals surface area contributed by atoms with Crippen LogP contribution in [0.5, 0.6) is 11.5 Å². The van der Waals surface area contributed by atoms with Crippen LogP contribution in [0.3, 0.4) is 0 Å². The van der Waals surface area contributed by atoms with E-state index < -0.39 is 5.60 Å². The van der Waals surface area contributed by atoms with Crippen LogP contribution in [-0.4, -0.2) is 49.0 Å². The molecule has 3 rings (SSSR count).